The van der Waals surface area contributed by atoms with E-state index < -0.39 is 11.7 Å². The van der Waals surface area contributed by atoms with Crippen LogP contribution < -0.4 is 10.4 Å². The number of aryl methyl sites for hydroxylation is 1. The van der Waals surface area contributed by atoms with E-state index in [1.807, 2.05) is 37.3 Å². The SMILES string of the molecule is Cc1cc(=O)oc2cc(O[C@H](C)C(=O)c3c[nH]c4ccccc34)ccc12. The Morgan fingerprint density at radius 2 is 1.92 bits per heavy atom. The van der Waals surface area contributed by atoms with E-state index in [4.69, 9.17) is 9.15 Å². The lowest BCUT2D eigenvalue weighted by Gasteiger charge is -2.14. The Hall–Kier alpha value is -3.34. The molecule has 26 heavy (non-hydrogen) atoms. The second-order valence-corrected chi connectivity index (χ2v) is 6.28. The third-order valence-electron chi connectivity index (χ3n) is 4.46. The first-order valence-electron chi connectivity index (χ1n) is 8.34. The average molecular weight is 347 g/mol. The van der Waals surface area contributed by atoms with Crippen LogP contribution in [0.3, 0.4) is 0 Å². The molecule has 4 rings (SSSR count). The smallest absolute Gasteiger partial charge is 0.336 e. The van der Waals surface area contributed by atoms with Gasteiger partial charge in [-0.25, -0.2) is 4.79 Å². The van der Waals surface area contributed by atoms with Gasteiger partial charge in [0.1, 0.15) is 11.3 Å². The molecule has 5 nitrogen and oxygen atoms in total. The lowest BCUT2D eigenvalue weighted by molar-refractivity contribution is 0.0820. The zero-order valence-corrected chi connectivity index (χ0v) is 14.4. The third-order valence-corrected chi connectivity index (χ3v) is 4.46. The highest BCUT2D eigenvalue weighted by Gasteiger charge is 2.20. The lowest BCUT2D eigenvalue weighted by atomic mass is 10.1. The van der Waals surface area contributed by atoms with Gasteiger partial charge in [0, 0.05) is 40.2 Å². The van der Waals surface area contributed by atoms with E-state index in [2.05, 4.69) is 4.98 Å². The first-order chi connectivity index (χ1) is 12.5. The Kier molecular flexibility index (Phi) is 3.84. The summed E-state index contributed by atoms with van der Waals surface area (Å²) in [7, 11) is 0. The minimum atomic E-state index is -0.678. The van der Waals surface area contributed by atoms with Gasteiger partial charge in [-0.1, -0.05) is 18.2 Å². The Bertz CT molecular complexity index is 1190. The fourth-order valence-electron chi connectivity index (χ4n) is 3.13. The van der Waals surface area contributed by atoms with E-state index in [9.17, 15) is 9.59 Å². The third kappa shape index (κ3) is 2.77. The monoisotopic (exact) mass is 347 g/mol. The molecule has 2 heterocycles. The van der Waals surface area contributed by atoms with E-state index in [0.29, 0.717) is 16.9 Å². The minimum Gasteiger partial charge on any atom is -0.482 e. The van der Waals surface area contributed by atoms with Gasteiger partial charge >= 0.3 is 5.63 Å². The Labute approximate surface area is 149 Å². The van der Waals surface area contributed by atoms with E-state index in [1.165, 1.54) is 6.07 Å². The number of carbonyl (C=O) groups is 1. The second kappa shape index (κ2) is 6.19. The molecular weight excluding hydrogens is 330 g/mol. The average Bonchev–Trinajstić information content (AvgIpc) is 3.04. The van der Waals surface area contributed by atoms with E-state index >= 15 is 0 Å². The summed E-state index contributed by atoms with van der Waals surface area (Å²) in [5.41, 5.74) is 2.38. The van der Waals surface area contributed by atoms with E-state index in [-0.39, 0.29) is 5.78 Å². The molecule has 2 aromatic carbocycles. The van der Waals surface area contributed by atoms with Gasteiger partial charge in [0.15, 0.2) is 6.10 Å². The van der Waals surface area contributed by atoms with Crippen molar-refractivity contribution < 1.29 is 13.9 Å². The molecule has 0 spiro atoms. The maximum atomic E-state index is 12.8. The van der Waals surface area contributed by atoms with Crippen LogP contribution >= 0.6 is 0 Å². The van der Waals surface area contributed by atoms with E-state index in [1.54, 1.807) is 25.3 Å². The van der Waals surface area contributed by atoms with Gasteiger partial charge in [-0.15, -0.1) is 0 Å². The van der Waals surface area contributed by atoms with Crippen molar-refractivity contribution in [3.8, 4) is 5.75 Å². The number of hydrogen-bond acceptors (Lipinski definition) is 4. The molecule has 0 radical (unpaired) electrons. The molecule has 0 aliphatic heterocycles. The van der Waals surface area contributed by atoms with Crippen molar-refractivity contribution in [2.75, 3.05) is 0 Å². The van der Waals surface area contributed by atoms with Gasteiger partial charge in [-0.2, -0.15) is 0 Å². The van der Waals surface area contributed by atoms with Crippen LogP contribution in [-0.4, -0.2) is 16.9 Å². The molecule has 0 amide bonds. The van der Waals surface area contributed by atoms with Crippen LogP contribution in [0, 0.1) is 6.92 Å². The van der Waals surface area contributed by atoms with Crippen LogP contribution in [0.15, 0.2) is 63.9 Å². The number of fused-ring (bicyclic) bond motifs is 2. The lowest BCUT2D eigenvalue weighted by Crippen LogP contribution is -2.23. The number of para-hydroxylation sites is 1. The fraction of sp³-hybridized carbons (Fsp3) is 0.143. The highest BCUT2D eigenvalue weighted by atomic mass is 16.5. The van der Waals surface area contributed by atoms with Crippen molar-refractivity contribution in [2.24, 2.45) is 0 Å². The van der Waals surface area contributed by atoms with Crippen LogP contribution in [0.1, 0.15) is 22.8 Å². The summed E-state index contributed by atoms with van der Waals surface area (Å²) in [4.78, 5) is 27.4. The molecule has 0 saturated carbocycles. The number of benzene rings is 2. The number of H-pyrrole nitrogens is 1. The van der Waals surface area contributed by atoms with Crippen LogP contribution in [0.2, 0.25) is 0 Å². The van der Waals surface area contributed by atoms with Gasteiger partial charge in [0.25, 0.3) is 0 Å². The second-order valence-electron chi connectivity index (χ2n) is 6.28. The summed E-state index contributed by atoms with van der Waals surface area (Å²) in [6.45, 7) is 3.56. The molecule has 130 valence electrons. The Balaban J connectivity index is 1.63. The number of rotatable bonds is 4. The van der Waals surface area contributed by atoms with Crippen molar-refractivity contribution in [3.63, 3.8) is 0 Å². The Morgan fingerprint density at radius 1 is 1.12 bits per heavy atom. The zero-order valence-electron chi connectivity index (χ0n) is 14.4. The summed E-state index contributed by atoms with van der Waals surface area (Å²) < 4.78 is 11.0. The van der Waals surface area contributed by atoms with Crippen molar-refractivity contribution in [1.82, 2.24) is 4.98 Å². The number of carbonyl (C=O) groups excluding carboxylic acids is 1. The summed E-state index contributed by atoms with van der Waals surface area (Å²) in [5.74, 6) is 0.361. The molecule has 0 aliphatic rings. The number of Topliss-reactive ketones (excluding diaryl/α,β-unsaturated/α-hetero) is 1. The topological polar surface area (TPSA) is 72.3 Å². The van der Waals surface area contributed by atoms with Gasteiger partial charge < -0.3 is 14.1 Å². The van der Waals surface area contributed by atoms with Crippen LogP contribution in [-0.2, 0) is 0 Å². The Morgan fingerprint density at radius 3 is 2.77 bits per heavy atom. The first-order valence-corrected chi connectivity index (χ1v) is 8.34. The van der Waals surface area contributed by atoms with Crippen molar-refractivity contribution in [2.45, 2.75) is 20.0 Å². The molecule has 0 fully saturated rings. The largest absolute Gasteiger partial charge is 0.482 e. The summed E-state index contributed by atoms with van der Waals surface area (Å²) in [6, 6.07) is 14.3. The van der Waals surface area contributed by atoms with Crippen LogP contribution in [0.5, 0.6) is 5.75 Å². The predicted octanol–water partition coefficient (Wildman–Crippen LogP) is 4.23. The highest BCUT2D eigenvalue weighted by Crippen LogP contribution is 2.25. The van der Waals surface area contributed by atoms with Crippen molar-refractivity contribution in [3.05, 3.63) is 76.3 Å². The molecule has 1 atom stereocenters. The number of aromatic amines is 1. The van der Waals surface area contributed by atoms with E-state index in [0.717, 1.165) is 21.9 Å². The summed E-state index contributed by atoms with van der Waals surface area (Å²) in [5, 5.41) is 1.71. The predicted molar refractivity (Wildman–Crippen MR) is 99.9 cm³/mol. The summed E-state index contributed by atoms with van der Waals surface area (Å²) in [6.07, 6.45) is 1.03. The van der Waals surface area contributed by atoms with Gasteiger partial charge in [0.2, 0.25) is 5.78 Å². The number of hydrogen-bond donors (Lipinski definition) is 1. The molecule has 0 bridgehead atoms. The fourth-order valence-corrected chi connectivity index (χ4v) is 3.13. The van der Waals surface area contributed by atoms with Gasteiger partial charge in [0.05, 0.1) is 0 Å². The maximum Gasteiger partial charge on any atom is 0.336 e. The number of ketones is 1. The minimum absolute atomic E-state index is 0.117. The summed E-state index contributed by atoms with van der Waals surface area (Å²) >= 11 is 0. The van der Waals surface area contributed by atoms with Crippen LogP contribution in [0.25, 0.3) is 21.9 Å². The number of ether oxygens (including phenoxy) is 1. The number of nitrogens with one attached hydrogen (secondary N) is 1. The standard InChI is InChI=1S/C21H17NO4/c1-12-9-20(23)26-19-10-14(7-8-15(12)19)25-13(2)21(24)17-11-22-18-6-4-3-5-16(17)18/h3-11,13,22H,1-2H3/t13-/m1/s1. The molecule has 4 aromatic rings. The van der Waals surface area contributed by atoms with Gasteiger partial charge in [-0.05, 0) is 37.6 Å². The quantitative estimate of drug-likeness (QED) is 0.443. The van der Waals surface area contributed by atoms with Gasteiger partial charge in [-0.3, -0.25) is 4.79 Å². The zero-order chi connectivity index (χ0) is 18.3. The number of aromatic nitrogens is 1. The molecule has 5 heteroatoms. The van der Waals surface area contributed by atoms with Crippen molar-refractivity contribution >= 4 is 27.7 Å². The van der Waals surface area contributed by atoms with Crippen molar-refractivity contribution in [1.29, 1.82) is 0 Å². The van der Waals surface area contributed by atoms with Crippen LogP contribution in [0.4, 0.5) is 0 Å². The molecule has 2 aromatic heterocycles. The molecule has 1 N–H and O–H groups in total. The highest BCUT2D eigenvalue weighted by molar-refractivity contribution is 6.09. The molecular formula is C21H17NO4. The molecule has 0 saturated heterocycles. The first kappa shape index (κ1) is 16.1. The molecule has 0 unspecified atom stereocenters. The normalized spacial score (nSPS) is 12.4. The molecule has 0 aliphatic carbocycles. The maximum absolute atomic E-state index is 12.8.